The number of aliphatic hydroxyl groups is 1. The molecule has 0 aliphatic carbocycles. The molecule has 0 rings (SSSR count). The van der Waals surface area contributed by atoms with E-state index in [9.17, 15) is 14.7 Å². The van der Waals surface area contributed by atoms with E-state index >= 15 is 0 Å². The Morgan fingerprint density at radius 3 is 0.881 bits per heavy atom. The molecule has 2 atom stereocenters. The van der Waals surface area contributed by atoms with Gasteiger partial charge < -0.3 is 10.8 Å². The standard InChI is InChI=1S/C38H75NO3/c1-3-5-7-9-11-13-15-17-19-21-23-25-27-29-31-33-35(40)37(39)38(42)36(41)34-32-30-28-26-24-22-20-18-16-14-12-10-8-6-4-2/h37-38,42H,3-34,39H2,1-2H3. The van der Waals surface area contributed by atoms with Gasteiger partial charge in [-0.1, -0.05) is 194 Å². The van der Waals surface area contributed by atoms with Crippen LogP contribution < -0.4 is 5.73 Å². The van der Waals surface area contributed by atoms with Crippen LogP contribution in [0.5, 0.6) is 0 Å². The molecule has 0 aromatic rings. The van der Waals surface area contributed by atoms with Crippen molar-refractivity contribution in [3.8, 4) is 0 Å². The highest BCUT2D eigenvalue weighted by molar-refractivity contribution is 5.93. The predicted octanol–water partition coefficient (Wildman–Crippen LogP) is 11.3. The number of Topliss-reactive ketones (excluding diaryl/α,β-unsaturated/α-hetero) is 2. The van der Waals surface area contributed by atoms with Crippen LogP contribution in [0.15, 0.2) is 0 Å². The van der Waals surface area contributed by atoms with Crippen molar-refractivity contribution in [3.63, 3.8) is 0 Å². The quantitative estimate of drug-likeness (QED) is 0.0716. The molecule has 0 aromatic carbocycles. The molecule has 4 nitrogen and oxygen atoms in total. The van der Waals surface area contributed by atoms with E-state index in [4.69, 9.17) is 5.73 Å². The Kier molecular flexibility index (Phi) is 32.6. The summed E-state index contributed by atoms with van der Waals surface area (Å²) in [6, 6.07) is -1.06. The summed E-state index contributed by atoms with van der Waals surface area (Å²) in [5, 5.41) is 10.3. The first kappa shape index (κ1) is 41.3. The maximum absolute atomic E-state index is 12.4. The van der Waals surface area contributed by atoms with E-state index in [0.29, 0.717) is 12.8 Å². The van der Waals surface area contributed by atoms with Crippen LogP contribution in [-0.4, -0.2) is 28.8 Å². The lowest BCUT2D eigenvalue weighted by Crippen LogP contribution is -2.46. The monoisotopic (exact) mass is 594 g/mol. The number of hydrogen-bond acceptors (Lipinski definition) is 4. The van der Waals surface area contributed by atoms with Crippen LogP contribution in [0, 0.1) is 0 Å². The van der Waals surface area contributed by atoms with Gasteiger partial charge in [0.15, 0.2) is 11.6 Å². The SMILES string of the molecule is CCCCCCCCCCCCCCCCCC(=O)C(N)C(O)C(=O)CCCCCCCCCCCCCCCCC. The van der Waals surface area contributed by atoms with Crippen molar-refractivity contribution in [1.82, 2.24) is 0 Å². The van der Waals surface area contributed by atoms with Crippen LogP contribution in [0.25, 0.3) is 0 Å². The molecule has 0 radical (unpaired) electrons. The van der Waals surface area contributed by atoms with Crippen molar-refractivity contribution in [2.24, 2.45) is 5.73 Å². The summed E-state index contributed by atoms with van der Waals surface area (Å²) < 4.78 is 0. The topological polar surface area (TPSA) is 80.4 Å². The zero-order chi connectivity index (χ0) is 30.9. The second kappa shape index (κ2) is 33.2. The van der Waals surface area contributed by atoms with E-state index in [2.05, 4.69) is 13.8 Å². The van der Waals surface area contributed by atoms with Crippen molar-refractivity contribution >= 4 is 11.6 Å². The Bertz CT molecular complexity index is 529. The van der Waals surface area contributed by atoms with Crippen LogP contribution in [0.2, 0.25) is 0 Å². The minimum atomic E-state index is -1.33. The normalized spacial score (nSPS) is 13.0. The van der Waals surface area contributed by atoms with Crippen molar-refractivity contribution in [2.75, 3.05) is 0 Å². The Hall–Kier alpha value is -0.740. The van der Waals surface area contributed by atoms with E-state index in [0.717, 1.165) is 38.5 Å². The van der Waals surface area contributed by atoms with Gasteiger partial charge in [-0.15, -0.1) is 0 Å². The first-order valence-corrected chi connectivity index (χ1v) is 19.0. The number of aliphatic hydroxyl groups excluding tert-OH is 1. The first-order valence-electron chi connectivity index (χ1n) is 19.0. The maximum atomic E-state index is 12.4. The molecule has 0 spiro atoms. The van der Waals surface area contributed by atoms with Gasteiger partial charge >= 0.3 is 0 Å². The lowest BCUT2D eigenvalue weighted by Gasteiger charge is -2.16. The number of nitrogens with two attached hydrogens (primary N) is 1. The minimum Gasteiger partial charge on any atom is -0.383 e. The molecule has 250 valence electrons. The summed E-state index contributed by atoms with van der Waals surface area (Å²) in [5.74, 6) is -0.427. The number of carbonyl (C=O) groups is 2. The van der Waals surface area contributed by atoms with Gasteiger partial charge in [-0.2, -0.15) is 0 Å². The predicted molar refractivity (Wildman–Crippen MR) is 183 cm³/mol. The summed E-state index contributed by atoms with van der Waals surface area (Å²) in [4.78, 5) is 24.8. The van der Waals surface area contributed by atoms with Crippen LogP contribution in [0.3, 0.4) is 0 Å². The Morgan fingerprint density at radius 1 is 0.405 bits per heavy atom. The molecule has 0 aliphatic heterocycles. The molecule has 0 aromatic heterocycles. The van der Waals surface area contributed by atoms with Gasteiger partial charge in [0, 0.05) is 12.8 Å². The molecule has 0 aliphatic rings. The number of carbonyl (C=O) groups excluding carboxylic acids is 2. The zero-order valence-electron chi connectivity index (χ0n) is 28.6. The highest BCUT2D eigenvalue weighted by atomic mass is 16.3. The molecular weight excluding hydrogens is 518 g/mol. The summed E-state index contributed by atoms with van der Waals surface area (Å²) in [6.45, 7) is 4.54. The molecule has 2 unspecified atom stereocenters. The average Bonchev–Trinajstić information content (AvgIpc) is 3.00. The summed E-state index contributed by atoms with van der Waals surface area (Å²) in [6.07, 6.45) is 37.9. The van der Waals surface area contributed by atoms with Crippen molar-refractivity contribution in [1.29, 1.82) is 0 Å². The molecule has 0 fully saturated rings. The zero-order valence-corrected chi connectivity index (χ0v) is 28.6. The highest BCUT2D eigenvalue weighted by Crippen LogP contribution is 2.16. The molecule has 0 saturated heterocycles. The highest BCUT2D eigenvalue weighted by Gasteiger charge is 2.27. The number of ketones is 2. The molecule has 0 amide bonds. The van der Waals surface area contributed by atoms with Crippen molar-refractivity contribution < 1.29 is 14.7 Å². The van der Waals surface area contributed by atoms with Gasteiger partial charge in [0.05, 0.1) is 6.04 Å². The Balaban J connectivity index is 3.53. The van der Waals surface area contributed by atoms with E-state index in [1.54, 1.807) is 0 Å². The van der Waals surface area contributed by atoms with Crippen LogP contribution in [0.4, 0.5) is 0 Å². The lowest BCUT2D eigenvalue weighted by molar-refractivity contribution is -0.134. The summed E-state index contributed by atoms with van der Waals surface area (Å²) in [5.41, 5.74) is 5.96. The second-order valence-electron chi connectivity index (χ2n) is 13.3. The summed E-state index contributed by atoms with van der Waals surface area (Å²) in [7, 11) is 0. The van der Waals surface area contributed by atoms with Crippen LogP contribution in [0.1, 0.15) is 219 Å². The number of hydrogen-bond donors (Lipinski definition) is 2. The third-order valence-electron chi connectivity index (χ3n) is 9.10. The van der Waals surface area contributed by atoms with E-state index in [-0.39, 0.29) is 11.6 Å². The Morgan fingerprint density at radius 2 is 0.619 bits per heavy atom. The third-order valence-corrected chi connectivity index (χ3v) is 9.10. The van der Waals surface area contributed by atoms with Crippen LogP contribution in [-0.2, 0) is 9.59 Å². The van der Waals surface area contributed by atoms with Gasteiger partial charge in [0.25, 0.3) is 0 Å². The molecule has 3 N–H and O–H groups in total. The third kappa shape index (κ3) is 28.1. The average molecular weight is 594 g/mol. The van der Waals surface area contributed by atoms with Gasteiger partial charge in [-0.05, 0) is 12.8 Å². The van der Waals surface area contributed by atoms with E-state index in [1.807, 2.05) is 0 Å². The molecule has 4 heteroatoms. The molecular formula is C38H75NO3. The molecule has 42 heavy (non-hydrogen) atoms. The van der Waals surface area contributed by atoms with E-state index in [1.165, 1.54) is 154 Å². The molecule has 0 bridgehead atoms. The maximum Gasteiger partial charge on any atom is 0.163 e. The minimum absolute atomic E-state index is 0.165. The Labute approximate surface area is 263 Å². The van der Waals surface area contributed by atoms with Gasteiger partial charge in [0.2, 0.25) is 0 Å². The van der Waals surface area contributed by atoms with Crippen LogP contribution >= 0.6 is 0 Å². The largest absolute Gasteiger partial charge is 0.383 e. The van der Waals surface area contributed by atoms with Crippen molar-refractivity contribution in [2.45, 2.75) is 231 Å². The fraction of sp³-hybridized carbons (Fsp3) is 0.947. The molecule has 0 saturated carbocycles. The molecule has 0 heterocycles. The van der Waals surface area contributed by atoms with E-state index < -0.39 is 12.1 Å². The lowest BCUT2D eigenvalue weighted by atomic mass is 9.96. The number of rotatable bonds is 35. The smallest absolute Gasteiger partial charge is 0.163 e. The van der Waals surface area contributed by atoms with Gasteiger partial charge in [-0.3, -0.25) is 9.59 Å². The van der Waals surface area contributed by atoms with Gasteiger partial charge in [0.1, 0.15) is 6.10 Å². The van der Waals surface area contributed by atoms with Gasteiger partial charge in [-0.25, -0.2) is 0 Å². The number of unbranched alkanes of at least 4 members (excludes halogenated alkanes) is 28. The fourth-order valence-corrected chi connectivity index (χ4v) is 6.03. The second-order valence-corrected chi connectivity index (χ2v) is 13.3. The van der Waals surface area contributed by atoms with Crippen molar-refractivity contribution in [3.05, 3.63) is 0 Å². The summed E-state index contributed by atoms with van der Waals surface area (Å²) >= 11 is 0. The fourth-order valence-electron chi connectivity index (χ4n) is 6.03. The first-order chi connectivity index (χ1) is 20.5.